The van der Waals surface area contributed by atoms with E-state index in [4.69, 9.17) is 5.11 Å². The van der Waals surface area contributed by atoms with Crippen LogP contribution in [-0.2, 0) is 6.61 Å². The molecule has 0 fully saturated rings. The Hall–Kier alpha value is -0.710. The summed E-state index contributed by atoms with van der Waals surface area (Å²) < 4.78 is 1.11. The Balaban J connectivity index is 2.78. The molecule has 2 nitrogen and oxygen atoms in total. The zero-order chi connectivity index (χ0) is 8.55. The fraction of sp³-hybridized carbons (Fsp3) is 0.125. The highest BCUT2D eigenvalue weighted by atomic mass is 32.2. The van der Waals surface area contributed by atoms with Crippen molar-refractivity contribution in [2.24, 2.45) is 0 Å². The second kappa shape index (κ2) is 2.97. The highest BCUT2D eigenvalue weighted by Gasteiger charge is 2.09. The van der Waals surface area contributed by atoms with Gasteiger partial charge in [0.15, 0.2) is 6.29 Å². The lowest BCUT2D eigenvalue weighted by atomic mass is 10.2. The Morgan fingerprint density at radius 3 is 2.83 bits per heavy atom. The van der Waals surface area contributed by atoms with Gasteiger partial charge < -0.3 is 5.11 Å². The number of aliphatic hydroxyl groups is 1. The van der Waals surface area contributed by atoms with Gasteiger partial charge in [-0.05, 0) is 10.9 Å². The molecule has 0 atom stereocenters. The molecule has 0 aliphatic carbocycles. The molecule has 2 aromatic rings. The van der Waals surface area contributed by atoms with E-state index in [0.717, 1.165) is 21.2 Å². The zero-order valence-corrected chi connectivity index (χ0v) is 7.74. The predicted octanol–water partition coefficient (Wildman–Crippen LogP) is 2.27. The van der Waals surface area contributed by atoms with Crippen molar-refractivity contribution >= 4 is 38.4 Å². The highest BCUT2D eigenvalue weighted by molar-refractivity contribution is 7.37. The van der Waals surface area contributed by atoms with Crippen molar-refractivity contribution in [2.75, 3.05) is 0 Å². The van der Waals surface area contributed by atoms with Crippen LogP contribution in [-0.4, -0.2) is 11.4 Å². The number of aliphatic hydroxyl groups excluding tert-OH is 1. The number of fused-ring (bicyclic) bond motifs is 1. The Kier molecular flexibility index (Phi) is 1.96. The van der Waals surface area contributed by atoms with Gasteiger partial charge in [-0.15, -0.1) is 22.7 Å². The standard InChI is InChI=1S/C8H6O2S2/c9-1-5-3-11-8-7(5)6(2-10)4-12-8/h1,3-4,10H,2H2. The molecule has 0 amide bonds. The summed E-state index contributed by atoms with van der Waals surface area (Å²) >= 11 is 3.13. The Labute approximate surface area is 77.1 Å². The molecule has 0 aromatic carbocycles. The number of carbonyl (C=O) groups is 1. The van der Waals surface area contributed by atoms with E-state index in [1.807, 2.05) is 10.8 Å². The summed E-state index contributed by atoms with van der Waals surface area (Å²) in [6.07, 6.45) is 0.838. The minimum Gasteiger partial charge on any atom is -0.392 e. The predicted molar refractivity (Wildman–Crippen MR) is 51.0 cm³/mol. The maximum absolute atomic E-state index is 10.6. The zero-order valence-electron chi connectivity index (χ0n) is 6.11. The third-order valence-electron chi connectivity index (χ3n) is 1.71. The van der Waals surface area contributed by atoms with E-state index in [9.17, 15) is 4.79 Å². The molecule has 0 spiro atoms. The van der Waals surface area contributed by atoms with E-state index < -0.39 is 0 Å². The van der Waals surface area contributed by atoms with Crippen LogP contribution in [0.3, 0.4) is 0 Å². The van der Waals surface area contributed by atoms with Crippen LogP contribution in [0.5, 0.6) is 0 Å². The van der Waals surface area contributed by atoms with Gasteiger partial charge in [0.1, 0.15) is 0 Å². The lowest BCUT2D eigenvalue weighted by molar-refractivity contribution is 0.112. The van der Waals surface area contributed by atoms with Gasteiger partial charge in [-0.25, -0.2) is 0 Å². The van der Waals surface area contributed by atoms with Crippen molar-refractivity contribution in [3.8, 4) is 0 Å². The third kappa shape index (κ3) is 0.998. The van der Waals surface area contributed by atoms with E-state index in [0.29, 0.717) is 5.56 Å². The van der Waals surface area contributed by atoms with Crippen molar-refractivity contribution in [1.29, 1.82) is 0 Å². The van der Waals surface area contributed by atoms with Crippen LogP contribution in [0.25, 0.3) is 9.40 Å². The molecule has 0 saturated carbocycles. The van der Waals surface area contributed by atoms with Gasteiger partial charge in [0.05, 0.1) is 10.6 Å². The summed E-state index contributed by atoms with van der Waals surface area (Å²) in [6, 6.07) is 0. The van der Waals surface area contributed by atoms with Crippen molar-refractivity contribution in [3.05, 3.63) is 21.9 Å². The minimum atomic E-state index is 0.0115. The van der Waals surface area contributed by atoms with Crippen LogP contribution in [0.1, 0.15) is 15.9 Å². The van der Waals surface area contributed by atoms with E-state index in [1.165, 1.54) is 0 Å². The fourth-order valence-corrected chi connectivity index (χ4v) is 3.24. The van der Waals surface area contributed by atoms with Gasteiger partial charge in [-0.2, -0.15) is 0 Å². The van der Waals surface area contributed by atoms with Gasteiger partial charge in [-0.3, -0.25) is 4.79 Å². The lowest BCUT2D eigenvalue weighted by Crippen LogP contribution is -1.81. The first-order valence-corrected chi connectivity index (χ1v) is 5.16. The summed E-state index contributed by atoms with van der Waals surface area (Å²) in [5.41, 5.74) is 1.55. The van der Waals surface area contributed by atoms with E-state index >= 15 is 0 Å². The van der Waals surface area contributed by atoms with Gasteiger partial charge >= 0.3 is 0 Å². The molecular weight excluding hydrogens is 192 g/mol. The lowest BCUT2D eigenvalue weighted by Gasteiger charge is -1.88. The van der Waals surface area contributed by atoms with Crippen molar-refractivity contribution < 1.29 is 9.90 Å². The maximum atomic E-state index is 10.6. The molecule has 0 saturated heterocycles. The third-order valence-corrected chi connectivity index (χ3v) is 3.90. The van der Waals surface area contributed by atoms with E-state index in [2.05, 4.69) is 0 Å². The van der Waals surface area contributed by atoms with Crippen LogP contribution >= 0.6 is 22.7 Å². The maximum Gasteiger partial charge on any atom is 0.151 e. The SMILES string of the molecule is O=Cc1csc2scc(CO)c12. The number of aldehydes is 1. The molecule has 0 radical (unpaired) electrons. The molecule has 1 N–H and O–H groups in total. The molecule has 12 heavy (non-hydrogen) atoms. The number of rotatable bonds is 2. The molecule has 0 unspecified atom stereocenters. The number of hydrogen-bond acceptors (Lipinski definition) is 4. The topological polar surface area (TPSA) is 37.3 Å². The van der Waals surface area contributed by atoms with Gasteiger partial charge in [0, 0.05) is 16.3 Å². The summed E-state index contributed by atoms with van der Waals surface area (Å²) in [6.45, 7) is 0.0115. The number of hydrogen-bond donors (Lipinski definition) is 1. The quantitative estimate of drug-likeness (QED) is 0.751. The average molecular weight is 198 g/mol. The molecule has 2 aromatic heterocycles. The number of carbonyl (C=O) groups excluding carboxylic acids is 1. The van der Waals surface area contributed by atoms with Gasteiger partial charge in [0.2, 0.25) is 0 Å². The average Bonchev–Trinajstić information content (AvgIpc) is 2.62. The molecule has 0 bridgehead atoms. The summed E-state index contributed by atoms with van der Waals surface area (Å²) in [4.78, 5) is 10.6. The Morgan fingerprint density at radius 1 is 1.42 bits per heavy atom. The molecule has 2 rings (SSSR count). The second-order valence-corrected chi connectivity index (χ2v) is 4.41. The first kappa shape index (κ1) is 7.91. The van der Waals surface area contributed by atoms with Crippen molar-refractivity contribution in [3.63, 3.8) is 0 Å². The van der Waals surface area contributed by atoms with Crippen LogP contribution in [0, 0.1) is 0 Å². The second-order valence-electron chi connectivity index (χ2n) is 2.39. The Bertz CT molecular complexity index is 414. The summed E-state index contributed by atoms with van der Waals surface area (Å²) in [7, 11) is 0. The molecule has 4 heteroatoms. The smallest absolute Gasteiger partial charge is 0.151 e. The van der Waals surface area contributed by atoms with Crippen molar-refractivity contribution in [2.45, 2.75) is 6.61 Å². The van der Waals surface area contributed by atoms with Gasteiger partial charge in [-0.1, -0.05) is 0 Å². The fourth-order valence-electron chi connectivity index (χ4n) is 1.14. The molecular formula is C8H6O2S2. The van der Waals surface area contributed by atoms with Crippen LogP contribution < -0.4 is 0 Å². The van der Waals surface area contributed by atoms with Crippen LogP contribution in [0.15, 0.2) is 10.8 Å². The number of thiophene rings is 2. The van der Waals surface area contributed by atoms with Crippen LogP contribution in [0.2, 0.25) is 0 Å². The minimum absolute atomic E-state index is 0.0115. The summed E-state index contributed by atoms with van der Waals surface area (Å²) in [5, 5.41) is 13.6. The van der Waals surface area contributed by atoms with Crippen LogP contribution in [0.4, 0.5) is 0 Å². The molecule has 62 valence electrons. The molecule has 0 aliphatic heterocycles. The first-order valence-electron chi connectivity index (χ1n) is 3.40. The van der Waals surface area contributed by atoms with E-state index in [-0.39, 0.29) is 6.61 Å². The monoisotopic (exact) mass is 198 g/mol. The summed E-state index contributed by atoms with van der Waals surface area (Å²) in [5.74, 6) is 0. The Morgan fingerprint density at radius 2 is 2.17 bits per heavy atom. The van der Waals surface area contributed by atoms with Crippen molar-refractivity contribution in [1.82, 2.24) is 0 Å². The normalized spacial score (nSPS) is 10.8. The first-order chi connectivity index (χ1) is 5.86. The van der Waals surface area contributed by atoms with E-state index in [1.54, 1.807) is 22.7 Å². The highest BCUT2D eigenvalue weighted by Crippen LogP contribution is 2.33. The molecule has 0 aliphatic rings. The van der Waals surface area contributed by atoms with Gasteiger partial charge in [0.25, 0.3) is 0 Å². The molecule has 2 heterocycles. The largest absolute Gasteiger partial charge is 0.392 e.